The third-order valence-electron chi connectivity index (χ3n) is 2.00. The monoisotopic (exact) mass is 322 g/mol. The van der Waals surface area contributed by atoms with Gasteiger partial charge in [0.2, 0.25) is 0 Å². The molecule has 0 saturated heterocycles. The molecular formula is C10H5Cl2F5O2. The van der Waals surface area contributed by atoms with Crippen LogP contribution in [0.3, 0.4) is 0 Å². The van der Waals surface area contributed by atoms with Gasteiger partial charge in [-0.05, 0) is 6.07 Å². The minimum Gasteiger partial charge on any atom is -0.456 e. The van der Waals surface area contributed by atoms with E-state index in [0.29, 0.717) is 0 Å². The molecule has 2 nitrogen and oxygen atoms in total. The zero-order chi connectivity index (χ0) is 14.8. The van der Waals surface area contributed by atoms with Crippen molar-refractivity contribution in [1.82, 2.24) is 0 Å². The number of esters is 1. The van der Waals surface area contributed by atoms with E-state index in [4.69, 9.17) is 23.2 Å². The van der Waals surface area contributed by atoms with Crippen molar-refractivity contribution in [3.63, 3.8) is 0 Å². The second-order valence-corrected chi connectivity index (χ2v) is 4.15. The second-order valence-electron chi connectivity index (χ2n) is 3.36. The molecule has 0 aromatic heterocycles. The van der Waals surface area contributed by atoms with Crippen LogP contribution in [-0.4, -0.2) is 18.1 Å². The molecule has 0 spiro atoms. The van der Waals surface area contributed by atoms with Crippen LogP contribution in [0.25, 0.3) is 0 Å². The van der Waals surface area contributed by atoms with Gasteiger partial charge >= 0.3 is 18.1 Å². The first-order valence-electron chi connectivity index (χ1n) is 4.62. The van der Waals surface area contributed by atoms with Crippen LogP contribution in [0.2, 0.25) is 10.0 Å². The van der Waals surface area contributed by atoms with Crippen LogP contribution in [-0.2, 0) is 16.1 Å². The summed E-state index contributed by atoms with van der Waals surface area (Å²) in [6, 6.07) is 4.02. The summed E-state index contributed by atoms with van der Waals surface area (Å²) in [5.41, 5.74) is 0.0143. The van der Waals surface area contributed by atoms with Crippen LogP contribution in [0.15, 0.2) is 18.2 Å². The number of hydrogen-bond donors (Lipinski definition) is 0. The molecule has 19 heavy (non-hydrogen) atoms. The van der Waals surface area contributed by atoms with Crippen molar-refractivity contribution >= 4 is 29.2 Å². The molecule has 0 aliphatic carbocycles. The lowest BCUT2D eigenvalue weighted by atomic mass is 10.2. The first-order valence-corrected chi connectivity index (χ1v) is 5.37. The molecule has 0 N–H and O–H groups in total. The highest BCUT2D eigenvalue weighted by atomic mass is 35.5. The number of rotatable bonds is 3. The van der Waals surface area contributed by atoms with Crippen molar-refractivity contribution in [3.05, 3.63) is 33.8 Å². The fourth-order valence-corrected chi connectivity index (χ4v) is 1.38. The summed E-state index contributed by atoms with van der Waals surface area (Å²) >= 11 is 11.2. The third-order valence-corrected chi connectivity index (χ3v) is 2.86. The van der Waals surface area contributed by atoms with E-state index < -0.39 is 24.7 Å². The molecule has 1 aromatic carbocycles. The number of alkyl halides is 5. The molecule has 1 aromatic rings. The normalized spacial score (nSPS) is 12.4. The standard InChI is InChI=1S/C10H5Cl2F5O2/c11-6-3-1-2-5(7(6)12)4-19-8(18)9(13,14)10(15,16)17/h1-3H,4H2. The summed E-state index contributed by atoms with van der Waals surface area (Å²) in [6.07, 6.45) is -6.01. The van der Waals surface area contributed by atoms with Crippen molar-refractivity contribution in [2.24, 2.45) is 0 Å². The lowest BCUT2D eigenvalue weighted by Gasteiger charge is -2.18. The van der Waals surface area contributed by atoms with Crippen LogP contribution < -0.4 is 0 Å². The minimum atomic E-state index is -6.01. The van der Waals surface area contributed by atoms with E-state index >= 15 is 0 Å². The third kappa shape index (κ3) is 3.48. The largest absolute Gasteiger partial charge is 0.465 e. The highest BCUT2D eigenvalue weighted by Gasteiger charge is 2.64. The highest BCUT2D eigenvalue weighted by Crippen LogP contribution is 2.36. The van der Waals surface area contributed by atoms with Gasteiger partial charge in [-0.3, -0.25) is 0 Å². The molecule has 0 saturated carbocycles. The van der Waals surface area contributed by atoms with Gasteiger partial charge < -0.3 is 4.74 Å². The smallest absolute Gasteiger partial charge is 0.456 e. The van der Waals surface area contributed by atoms with Gasteiger partial charge in [-0.25, -0.2) is 4.79 Å². The van der Waals surface area contributed by atoms with Crippen molar-refractivity contribution in [2.75, 3.05) is 0 Å². The average molecular weight is 323 g/mol. The number of ether oxygens (including phenoxy) is 1. The summed E-state index contributed by atoms with van der Waals surface area (Å²) in [5.74, 6) is -8.27. The van der Waals surface area contributed by atoms with Gasteiger partial charge in [-0.15, -0.1) is 0 Å². The maximum absolute atomic E-state index is 12.5. The lowest BCUT2D eigenvalue weighted by Crippen LogP contribution is -2.45. The van der Waals surface area contributed by atoms with Crippen molar-refractivity contribution in [2.45, 2.75) is 18.7 Å². The number of benzene rings is 1. The van der Waals surface area contributed by atoms with Crippen LogP contribution in [0.5, 0.6) is 0 Å². The molecule has 106 valence electrons. The van der Waals surface area contributed by atoms with E-state index in [0.717, 1.165) is 0 Å². The highest BCUT2D eigenvalue weighted by molar-refractivity contribution is 6.42. The molecule has 0 atom stereocenters. The molecule has 0 heterocycles. The Kier molecular flexibility index (Phi) is 4.63. The van der Waals surface area contributed by atoms with Gasteiger partial charge in [0, 0.05) is 5.56 Å². The topological polar surface area (TPSA) is 26.3 Å². The van der Waals surface area contributed by atoms with Crippen LogP contribution in [0, 0.1) is 0 Å². The maximum Gasteiger partial charge on any atom is 0.465 e. The van der Waals surface area contributed by atoms with E-state index in [1.807, 2.05) is 0 Å². The molecule has 0 aliphatic rings. The van der Waals surface area contributed by atoms with Gasteiger partial charge in [0.05, 0.1) is 10.0 Å². The van der Waals surface area contributed by atoms with E-state index in [1.54, 1.807) is 0 Å². The van der Waals surface area contributed by atoms with E-state index in [1.165, 1.54) is 18.2 Å². The zero-order valence-corrected chi connectivity index (χ0v) is 10.4. The Morgan fingerprint density at radius 2 is 1.74 bits per heavy atom. The van der Waals surface area contributed by atoms with Crippen LogP contribution >= 0.6 is 23.2 Å². The van der Waals surface area contributed by atoms with Crippen molar-refractivity contribution in [3.8, 4) is 0 Å². The molecule has 9 heteroatoms. The summed E-state index contributed by atoms with van der Waals surface area (Å²) in [7, 11) is 0. The Morgan fingerprint density at radius 1 is 1.16 bits per heavy atom. The first-order chi connectivity index (χ1) is 8.57. The Morgan fingerprint density at radius 3 is 2.26 bits per heavy atom. The molecule has 1 rings (SSSR count). The Balaban J connectivity index is 2.78. The fourth-order valence-electron chi connectivity index (χ4n) is 1.01. The lowest BCUT2D eigenvalue weighted by molar-refractivity contribution is -0.281. The van der Waals surface area contributed by atoms with Gasteiger partial charge in [0.25, 0.3) is 0 Å². The summed E-state index contributed by atoms with van der Waals surface area (Å²) < 4.78 is 64.6. The SMILES string of the molecule is O=C(OCc1cccc(Cl)c1Cl)C(F)(F)C(F)(F)F. The van der Waals surface area contributed by atoms with E-state index in [-0.39, 0.29) is 15.6 Å². The predicted molar refractivity (Wildman–Crippen MR) is 57.3 cm³/mol. The van der Waals surface area contributed by atoms with Crippen LogP contribution in [0.1, 0.15) is 5.56 Å². The quantitative estimate of drug-likeness (QED) is 0.614. The Bertz CT molecular complexity index is 487. The molecule has 0 bridgehead atoms. The molecule has 0 unspecified atom stereocenters. The molecule has 0 amide bonds. The minimum absolute atomic E-state index is 0.0143. The van der Waals surface area contributed by atoms with E-state index in [2.05, 4.69) is 4.74 Å². The molecule has 0 aliphatic heterocycles. The summed E-state index contributed by atoms with van der Waals surface area (Å²) in [5, 5.41) is -0.0370. The fraction of sp³-hybridized carbons (Fsp3) is 0.300. The van der Waals surface area contributed by atoms with Gasteiger partial charge in [-0.2, -0.15) is 22.0 Å². The molecule has 0 radical (unpaired) electrons. The second kappa shape index (κ2) is 5.50. The first kappa shape index (κ1) is 16.0. The number of hydrogen-bond acceptors (Lipinski definition) is 2. The van der Waals surface area contributed by atoms with Gasteiger partial charge in [-0.1, -0.05) is 35.3 Å². The van der Waals surface area contributed by atoms with Crippen molar-refractivity contribution < 1.29 is 31.5 Å². The molecular weight excluding hydrogens is 318 g/mol. The summed E-state index contributed by atoms with van der Waals surface area (Å²) in [6.45, 7) is -0.843. The van der Waals surface area contributed by atoms with Crippen molar-refractivity contribution in [1.29, 1.82) is 0 Å². The van der Waals surface area contributed by atoms with Crippen LogP contribution in [0.4, 0.5) is 22.0 Å². The number of carbonyl (C=O) groups is 1. The van der Waals surface area contributed by atoms with Gasteiger partial charge in [0.1, 0.15) is 6.61 Å². The average Bonchev–Trinajstić information content (AvgIpc) is 2.29. The number of carbonyl (C=O) groups excluding carboxylic acids is 1. The number of halogens is 7. The maximum atomic E-state index is 12.5. The van der Waals surface area contributed by atoms with E-state index in [9.17, 15) is 26.7 Å². The van der Waals surface area contributed by atoms with Gasteiger partial charge in [0.15, 0.2) is 0 Å². The Hall–Kier alpha value is -1.08. The molecule has 0 fully saturated rings. The Labute approximate surface area is 114 Å². The summed E-state index contributed by atoms with van der Waals surface area (Å²) in [4.78, 5) is 10.7. The predicted octanol–water partition coefficient (Wildman–Crippen LogP) is 4.23. The zero-order valence-electron chi connectivity index (χ0n) is 8.90.